The Labute approximate surface area is 161 Å². The van der Waals surface area contributed by atoms with Gasteiger partial charge < -0.3 is 14.8 Å². The summed E-state index contributed by atoms with van der Waals surface area (Å²) in [6, 6.07) is 8.85. The molecule has 7 heteroatoms. The first kappa shape index (κ1) is 17.3. The van der Waals surface area contributed by atoms with Crippen LogP contribution in [0.2, 0.25) is 0 Å². The number of nitriles is 1. The number of H-pyrrole nitrogens is 1. The summed E-state index contributed by atoms with van der Waals surface area (Å²) in [6.45, 7) is 2.89. The van der Waals surface area contributed by atoms with Crippen LogP contribution in [0.1, 0.15) is 19.3 Å². The Hall–Kier alpha value is -2.17. The van der Waals surface area contributed by atoms with Crippen molar-refractivity contribution < 1.29 is 0 Å². The van der Waals surface area contributed by atoms with Crippen molar-refractivity contribution in [2.75, 3.05) is 31.6 Å². The van der Waals surface area contributed by atoms with Gasteiger partial charge in [0.25, 0.3) is 0 Å². The Morgan fingerprint density at radius 3 is 3.15 bits per heavy atom. The van der Waals surface area contributed by atoms with Crippen LogP contribution in [0.4, 0.5) is 5.82 Å². The lowest BCUT2D eigenvalue weighted by atomic mass is 10.0. The first-order chi connectivity index (χ1) is 12.7. The molecule has 0 spiro atoms. The van der Waals surface area contributed by atoms with Gasteiger partial charge in [0.15, 0.2) is 0 Å². The van der Waals surface area contributed by atoms with E-state index >= 15 is 0 Å². The second kappa shape index (κ2) is 7.22. The van der Waals surface area contributed by atoms with Crippen LogP contribution < -0.4 is 4.90 Å². The Balaban J connectivity index is 1.70. The normalized spacial score (nSPS) is 18.3. The van der Waals surface area contributed by atoms with Crippen LogP contribution in [0.5, 0.6) is 0 Å². The van der Waals surface area contributed by atoms with Crippen molar-refractivity contribution in [3.8, 4) is 6.07 Å². The minimum Gasteiger partial charge on any atom is -0.355 e. The molecule has 2 aromatic heterocycles. The van der Waals surface area contributed by atoms with Crippen LogP contribution in [0, 0.1) is 11.3 Å². The number of fused-ring (bicyclic) bond motifs is 3. The number of anilines is 1. The van der Waals surface area contributed by atoms with E-state index in [2.05, 4.69) is 65.9 Å². The number of hydrogen-bond acceptors (Lipinski definition) is 5. The van der Waals surface area contributed by atoms with Crippen molar-refractivity contribution in [2.45, 2.75) is 25.3 Å². The van der Waals surface area contributed by atoms with E-state index in [0.717, 1.165) is 64.7 Å². The number of benzene rings is 1. The van der Waals surface area contributed by atoms with E-state index in [-0.39, 0.29) is 0 Å². The molecule has 1 aliphatic rings. The van der Waals surface area contributed by atoms with Gasteiger partial charge in [-0.05, 0) is 37.6 Å². The Morgan fingerprint density at radius 2 is 2.31 bits per heavy atom. The zero-order valence-electron chi connectivity index (χ0n) is 14.7. The zero-order valence-corrected chi connectivity index (χ0v) is 16.3. The molecule has 4 rings (SSSR count). The molecule has 0 amide bonds. The van der Waals surface area contributed by atoms with Crippen molar-refractivity contribution in [3.05, 3.63) is 29.0 Å². The molecule has 1 aliphatic heterocycles. The Kier molecular flexibility index (Phi) is 4.79. The summed E-state index contributed by atoms with van der Waals surface area (Å²) in [5.74, 6) is 0.964. The van der Waals surface area contributed by atoms with Gasteiger partial charge in [0.05, 0.1) is 11.5 Å². The highest BCUT2D eigenvalue weighted by molar-refractivity contribution is 9.10. The highest BCUT2D eigenvalue weighted by Crippen LogP contribution is 2.33. The number of rotatable bonds is 4. The lowest BCUT2D eigenvalue weighted by molar-refractivity contribution is 0.210. The summed E-state index contributed by atoms with van der Waals surface area (Å²) in [6.07, 6.45) is 4.50. The van der Waals surface area contributed by atoms with Crippen molar-refractivity contribution in [2.24, 2.45) is 0 Å². The summed E-state index contributed by atoms with van der Waals surface area (Å²) >= 11 is 3.57. The van der Waals surface area contributed by atoms with Crippen molar-refractivity contribution in [1.29, 1.82) is 5.26 Å². The van der Waals surface area contributed by atoms with Crippen LogP contribution in [-0.2, 0) is 0 Å². The fourth-order valence-electron chi connectivity index (χ4n) is 3.88. The van der Waals surface area contributed by atoms with E-state index in [1.54, 1.807) is 6.33 Å². The average molecular weight is 413 g/mol. The van der Waals surface area contributed by atoms with Crippen LogP contribution in [0.15, 0.2) is 29.0 Å². The minimum atomic E-state index is 0.387. The standard InChI is InChI=1S/C19H21BrN6/c1-25(14-4-2-8-26(11-14)9-3-7-21)19-17-15-10-13(20)5-6-16(15)24-18(17)22-12-23-19/h5-6,10,12,14H,2-4,8-9,11H2,1H3,(H,22,23,24). The number of aromatic nitrogens is 3. The fourth-order valence-corrected chi connectivity index (χ4v) is 4.24. The van der Waals surface area contributed by atoms with Gasteiger partial charge in [-0.2, -0.15) is 5.26 Å². The molecule has 0 saturated carbocycles. The van der Waals surface area contributed by atoms with Gasteiger partial charge in [-0.1, -0.05) is 15.9 Å². The lowest BCUT2D eigenvalue weighted by Crippen LogP contribution is -2.47. The number of likely N-dealkylation sites (N-methyl/N-ethyl adjacent to an activating group) is 1. The molecule has 26 heavy (non-hydrogen) atoms. The zero-order chi connectivity index (χ0) is 18.1. The van der Waals surface area contributed by atoms with Gasteiger partial charge in [0.1, 0.15) is 17.8 Å². The molecule has 1 aromatic carbocycles. The molecule has 1 unspecified atom stereocenters. The molecular formula is C19H21BrN6. The van der Waals surface area contributed by atoms with Gasteiger partial charge in [-0.15, -0.1) is 0 Å². The SMILES string of the molecule is CN(c1ncnc2[nH]c3ccc(Br)cc3c12)C1CCCN(CCC#N)C1. The highest BCUT2D eigenvalue weighted by atomic mass is 79.9. The van der Waals surface area contributed by atoms with E-state index in [9.17, 15) is 0 Å². The fraction of sp³-hybridized carbons (Fsp3) is 0.421. The third-order valence-corrected chi connectivity index (χ3v) is 5.73. The summed E-state index contributed by atoms with van der Waals surface area (Å²) < 4.78 is 1.05. The van der Waals surface area contributed by atoms with E-state index in [1.165, 1.54) is 0 Å². The van der Waals surface area contributed by atoms with Gasteiger partial charge in [-0.25, -0.2) is 9.97 Å². The minimum absolute atomic E-state index is 0.387. The van der Waals surface area contributed by atoms with Gasteiger partial charge in [-0.3, -0.25) is 0 Å². The number of halogens is 1. The monoisotopic (exact) mass is 412 g/mol. The predicted octanol–water partition coefficient (Wildman–Crippen LogP) is 3.69. The molecule has 0 bridgehead atoms. The quantitative estimate of drug-likeness (QED) is 0.707. The number of hydrogen-bond donors (Lipinski definition) is 1. The number of nitrogens with one attached hydrogen (secondary N) is 1. The molecule has 3 aromatic rings. The highest BCUT2D eigenvalue weighted by Gasteiger charge is 2.25. The first-order valence-corrected chi connectivity index (χ1v) is 9.70. The third kappa shape index (κ3) is 3.15. The topological polar surface area (TPSA) is 71.8 Å². The van der Waals surface area contributed by atoms with Gasteiger partial charge in [0, 0.05) is 48.0 Å². The molecule has 1 saturated heterocycles. The third-order valence-electron chi connectivity index (χ3n) is 5.23. The number of nitrogens with zero attached hydrogens (tertiary/aromatic N) is 5. The lowest BCUT2D eigenvalue weighted by Gasteiger charge is -2.38. The molecule has 1 atom stereocenters. The molecule has 6 nitrogen and oxygen atoms in total. The average Bonchev–Trinajstić information content (AvgIpc) is 3.04. The second-order valence-electron chi connectivity index (χ2n) is 6.85. The molecule has 1 N–H and O–H groups in total. The Morgan fingerprint density at radius 1 is 1.42 bits per heavy atom. The van der Waals surface area contributed by atoms with Gasteiger partial charge in [0.2, 0.25) is 0 Å². The molecule has 3 heterocycles. The first-order valence-electron chi connectivity index (χ1n) is 8.91. The molecule has 1 fully saturated rings. The summed E-state index contributed by atoms with van der Waals surface area (Å²) in [5.41, 5.74) is 1.93. The van der Waals surface area contributed by atoms with Crippen molar-refractivity contribution >= 4 is 43.7 Å². The molecule has 0 radical (unpaired) electrons. The predicted molar refractivity (Wildman–Crippen MR) is 107 cm³/mol. The van der Waals surface area contributed by atoms with Crippen LogP contribution in [0.25, 0.3) is 21.9 Å². The smallest absolute Gasteiger partial charge is 0.143 e. The molecule has 0 aliphatic carbocycles. The second-order valence-corrected chi connectivity index (χ2v) is 7.77. The Bertz CT molecular complexity index is 975. The number of likely N-dealkylation sites (tertiary alicyclic amines) is 1. The summed E-state index contributed by atoms with van der Waals surface area (Å²) in [5, 5.41) is 11.1. The van der Waals surface area contributed by atoms with Crippen LogP contribution in [-0.4, -0.2) is 52.6 Å². The largest absolute Gasteiger partial charge is 0.355 e. The van der Waals surface area contributed by atoms with E-state index in [4.69, 9.17) is 5.26 Å². The summed E-state index contributed by atoms with van der Waals surface area (Å²) in [4.78, 5) is 17.1. The van der Waals surface area contributed by atoms with Crippen molar-refractivity contribution in [1.82, 2.24) is 19.9 Å². The van der Waals surface area contributed by atoms with E-state index in [1.807, 2.05) is 6.07 Å². The maximum atomic E-state index is 8.86. The van der Waals surface area contributed by atoms with Crippen molar-refractivity contribution in [3.63, 3.8) is 0 Å². The van der Waals surface area contributed by atoms with Gasteiger partial charge >= 0.3 is 0 Å². The summed E-state index contributed by atoms with van der Waals surface area (Å²) in [7, 11) is 2.12. The number of piperidine rings is 1. The molecular weight excluding hydrogens is 392 g/mol. The maximum Gasteiger partial charge on any atom is 0.143 e. The van der Waals surface area contributed by atoms with Crippen LogP contribution in [0.3, 0.4) is 0 Å². The van der Waals surface area contributed by atoms with E-state index in [0.29, 0.717) is 12.5 Å². The van der Waals surface area contributed by atoms with Crippen LogP contribution >= 0.6 is 15.9 Å². The molecule has 134 valence electrons. The van der Waals surface area contributed by atoms with E-state index < -0.39 is 0 Å². The number of aromatic amines is 1. The maximum absolute atomic E-state index is 8.86.